The van der Waals surface area contributed by atoms with Crippen LogP contribution in [-0.4, -0.2) is 16.5 Å². The highest BCUT2D eigenvalue weighted by Crippen LogP contribution is 2.16. The first-order chi connectivity index (χ1) is 7.66. The molecule has 0 bridgehead atoms. The lowest BCUT2D eigenvalue weighted by Gasteiger charge is -2.18. The lowest BCUT2D eigenvalue weighted by Crippen LogP contribution is -2.26. The van der Waals surface area contributed by atoms with Crippen molar-refractivity contribution in [1.82, 2.24) is 15.3 Å². The van der Waals surface area contributed by atoms with E-state index in [0.717, 1.165) is 43.4 Å². The van der Waals surface area contributed by atoms with Gasteiger partial charge in [0.2, 0.25) is 0 Å². The van der Waals surface area contributed by atoms with Crippen LogP contribution in [-0.2, 0) is 19.4 Å². The maximum Gasteiger partial charge on any atom is 0.128 e. The van der Waals surface area contributed by atoms with Crippen molar-refractivity contribution >= 4 is 0 Å². The molecule has 0 spiro atoms. The molecule has 1 aliphatic heterocycles. The summed E-state index contributed by atoms with van der Waals surface area (Å²) in [5.74, 6) is 1.76. The first kappa shape index (κ1) is 11.5. The molecule has 1 N–H and O–H groups in total. The third kappa shape index (κ3) is 2.59. The van der Waals surface area contributed by atoms with E-state index in [-0.39, 0.29) is 0 Å². The second-order valence-corrected chi connectivity index (χ2v) is 5.01. The third-order valence-electron chi connectivity index (χ3n) is 3.13. The Morgan fingerprint density at radius 3 is 2.88 bits per heavy atom. The van der Waals surface area contributed by atoms with E-state index in [1.165, 1.54) is 17.7 Å². The molecule has 0 atom stereocenters. The van der Waals surface area contributed by atoms with E-state index < -0.39 is 0 Å². The average molecular weight is 219 g/mol. The molecule has 88 valence electrons. The van der Waals surface area contributed by atoms with Crippen molar-refractivity contribution in [1.29, 1.82) is 0 Å². The normalized spacial score (nSPS) is 15.2. The quantitative estimate of drug-likeness (QED) is 0.845. The van der Waals surface area contributed by atoms with Crippen LogP contribution in [0, 0.1) is 12.8 Å². The lowest BCUT2D eigenvalue weighted by molar-refractivity contribution is 0.564. The molecule has 1 aliphatic rings. The zero-order chi connectivity index (χ0) is 11.5. The van der Waals surface area contributed by atoms with Crippen LogP contribution >= 0.6 is 0 Å². The van der Waals surface area contributed by atoms with Crippen molar-refractivity contribution in [3.63, 3.8) is 0 Å². The Bertz CT molecular complexity index is 372. The Morgan fingerprint density at radius 1 is 1.31 bits per heavy atom. The Morgan fingerprint density at radius 2 is 2.12 bits per heavy atom. The molecule has 16 heavy (non-hydrogen) atoms. The standard InChI is InChI=1S/C13H21N3/c1-9(2)4-5-13-15-10(3)11-8-14-7-6-12(11)16-13/h9,14H,4-8H2,1-3H3. The van der Waals surface area contributed by atoms with Gasteiger partial charge in [-0.05, 0) is 19.3 Å². The second kappa shape index (κ2) is 4.91. The average Bonchev–Trinajstić information content (AvgIpc) is 2.26. The van der Waals surface area contributed by atoms with Gasteiger partial charge < -0.3 is 5.32 Å². The van der Waals surface area contributed by atoms with Crippen molar-refractivity contribution in [3.8, 4) is 0 Å². The maximum atomic E-state index is 4.69. The summed E-state index contributed by atoms with van der Waals surface area (Å²) >= 11 is 0. The van der Waals surface area contributed by atoms with Gasteiger partial charge in [-0.1, -0.05) is 13.8 Å². The highest BCUT2D eigenvalue weighted by molar-refractivity contribution is 5.27. The van der Waals surface area contributed by atoms with E-state index in [0.29, 0.717) is 0 Å². The lowest BCUT2D eigenvalue weighted by atomic mass is 10.0. The molecular formula is C13H21N3. The summed E-state index contributed by atoms with van der Waals surface area (Å²) < 4.78 is 0. The molecule has 2 heterocycles. The number of nitrogens with zero attached hydrogens (tertiary/aromatic N) is 2. The van der Waals surface area contributed by atoms with Crippen molar-refractivity contribution in [2.45, 2.75) is 46.6 Å². The summed E-state index contributed by atoms with van der Waals surface area (Å²) in [5, 5.41) is 3.37. The minimum Gasteiger partial charge on any atom is -0.312 e. The van der Waals surface area contributed by atoms with E-state index in [1.807, 2.05) is 0 Å². The summed E-state index contributed by atoms with van der Waals surface area (Å²) in [6, 6.07) is 0. The van der Waals surface area contributed by atoms with Crippen LogP contribution in [0.4, 0.5) is 0 Å². The summed E-state index contributed by atoms with van der Waals surface area (Å²) in [5.41, 5.74) is 3.75. The molecule has 3 nitrogen and oxygen atoms in total. The molecule has 0 saturated carbocycles. The van der Waals surface area contributed by atoms with Crippen molar-refractivity contribution < 1.29 is 0 Å². The fourth-order valence-electron chi connectivity index (χ4n) is 2.10. The van der Waals surface area contributed by atoms with Crippen LogP contribution in [0.3, 0.4) is 0 Å². The molecular weight excluding hydrogens is 198 g/mol. The minimum atomic E-state index is 0.724. The molecule has 0 amide bonds. The molecule has 1 aromatic rings. The molecule has 0 unspecified atom stereocenters. The zero-order valence-electron chi connectivity index (χ0n) is 10.5. The SMILES string of the molecule is Cc1nc(CCC(C)C)nc2c1CNCC2. The van der Waals surface area contributed by atoms with Crippen LogP contribution in [0.1, 0.15) is 43.0 Å². The van der Waals surface area contributed by atoms with Gasteiger partial charge in [0.15, 0.2) is 0 Å². The molecule has 0 aliphatic carbocycles. The molecule has 0 radical (unpaired) electrons. The number of hydrogen-bond donors (Lipinski definition) is 1. The first-order valence-corrected chi connectivity index (χ1v) is 6.23. The smallest absolute Gasteiger partial charge is 0.128 e. The van der Waals surface area contributed by atoms with Gasteiger partial charge in [-0.2, -0.15) is 0 Å². The number of nitrogens with one attached hydrogen (secondary N) is 1. The van der Waals surface area contributed by atoms with Gasteiger partial charge in [-0.15, -0.1) is 0 Å². The van der Waals surface area contributed by atoms with E-state index in [9.17, 15) is 0 Å². The van der Waals surface area contributed by atoms with Crippen LogP contribution < -0.4 is 5.32 Å². The fraction of sp³-hybridized carbons (Fsp3) is 0.692. The van der Waals surface area contributed by atoms with E-state index in [4.69, 9.17) is 4.98 Å². The van der Waals surface area contributed by atoms with Crippen LogP contribution in [0.25, 0.3) is 0 Å². The Balaban J connectivity index is 2.18. The van der Waals surface area contributed by atoms with Gasteiger partial charge in [0.25, 0.3) is 0 Å². The number of rotatable bonds is 3. The van der Waals surface area contributed by atoms with Gasteiger partial charge in [0, 0.05) is 37.2 Å². The highest BCUT2D eigenvalue weighted by Gasteiger charge is 2.14. The van der Waals surface area contributed by atoms with Crippen LogP contribution in [0.2, 0.25) is 0 Å². The predicted octanol–water partition coefficient (Wildman–Crippen LogP) is 2.02. The van der Waals surface area contributed by atoms with E-state index in [2.05, 4.69) is 31.1 Å². The zero-order valence-corrected chi connectivity index (χ0v) is 10.5. The van der Waals surface area contributed by atoms with Gasteiger partial charge in [0.05, 0.1) is 5.69 Å². The van der Waals surface area contributed by atoms with Crippen molar-refractivity contribution in [2.75, 3.05) is 6.54 Å². The minimum absolute atomic E-state index is 0.724. The molecule has 0 aromatic carbocycles. The third-order valence-corrected chi connectivity index (χ3v) is 3.13. The second-order valence-electron chi connectivity index (χ2n) is 5.01. The summed E-state index contributed by atoms with van der Waals surface area (Å²) in [6.45, 7) is 8.58. The van der Waals surface area contributed by atoms with Gasteiger partial charge in [-0.25, -0.2) is 9.97 Å². The van der Waals surface area contributed by atoms with E-state index in [1.54, 1.807) is 0 Å². The summed E-state index contributed by atoms with van der Waals surface area (Å²) in [6.07, 6.45) is 3.24. The molecule has 0 fully saturated rings. The van der Waals surface area contributed by atoms with Crippen LogP contribution in [0.5, 0.6) is 0 Å². The number of aryl methyl sites for hydroxylation is 2. The molecule has 3 heteroatoms. The topological polar surface area (TPSA) is 37.8 Å². The van der Waals surface area contributed by atoms with Crippen molar-refractivity contribution in [3.05, 3.63) is 22.8 Å². The molecule has 1 aromatic heterocycles. The summed E-state index contributed by atoms with van der Waals surface area (Å²) in [7, 11) is 0. The first-order valence-electron chi connectivity index (χ1n) is 6.23. The maximum absolute atomic E-state index is 4.69. The Labute approximate surface area is 97.7 Å². The highest BCUT2D eigenvalue weighted by atomic mass is 14.9. The van der Waals surface area contributed by atoms with Gasteiger partial charge in [0.1, 0.15) is 5.82 Å². The molecule has 0 saturated heterocycles. The fourth-order valence-corrected chi connectivity index (χ4v) is 2.10. The predicted molar refractivity (Wildman–Crippen MR) is 65.3 cm³/mol. The van der Waals surface area contributed by atoms with Crippen LogP contribution in [0.15, 0.2) is 0 Å². The van der Waals surface area contributed by atoms with Crippen molar-refractivity contribution in [2.24, 2.45) is 5.92 Å². The number of hydrogen-bond acceptors (Lipinski definition) is 3. The largest absolute Gasteiger partial charge is 0.312 e. The van der Waals surface area contributed by atoms with Gasteiger partial charge >= 0.3 is 0 Å². The summed E-state index contributed by atoms with van der Waals surface area (Å²) in [4.78, 5) is 9.30. The monoisotopic (exact) mass is 219 g/mol. The van der Waals surface area contributed by atoms with Gasteiger partial charge in [-0.3, -0.25) is 0 Å². The molecule has 2 rings (SSSR count). The number of fused-ring (bicyclic) bond motifs is 1. The Kier molecular flexibility index (Phi) is 3.54. The number of aromatic nitrogens is 2. The Hall–Kier alpha value is -0.960. The van der Waals surface area contributed by atoms with E-state index >= 15 is 0 Å².